The van der Waals surface area contributed by atoms with Crippen LogP contribution in [0.1, 0.15) is 80.7 Å². The summed E-state index contributed by atoms with van der Waals surface area (Å²) in [5.41, 5.74) is 6.27. The predicted molar refractivity (Wildman–Crippen MR) is 201 cm³/mol. The molecule has 2 fully saturated rings. The molecule has 0 aliphatic carbocycles. The fourth-order valence-corrected chi connectivity index (χ4v) is 7.03. The van der Waals surface area contributed by atoms with Crippen LogP contribution in [0.3, 0.4) is 0 Å². The van der Waals surface area contributed by atoms with Gasteiger partial charge in [-0.1, -0.05) is 110 Å². The second kappa shape index (κ2) is 16.9. The first-order valence-corrected chi connectivity index (χ1v) is 18.3. The van der Waals surface area contributed by atoms with E-state index in [2.05, 4.69) is 40.7 Å². The summed E-state index contributed by atoms with van der Waals surface area (Å²) in [5, 5.41) is 15.6. The number of nitrogens with one attached hydrogen (secondary N) is 2. The summed E-state index contributed by atoms with van der Waals surface area (Å²) in [6, 6.07) is 33.4. The summed E-state index contributed by atoms with van der Waals surface area (Å²) >= 11 is 0. The molecule has 9 heteroatoms. The van der Waals surface area contributed by atoms with E-state index in [0.717, 1.165) is 58.3 Å². The highest BCUT2D eigenvalue weighted by atomic mass is 16.7. The van der Waals surface area contributed by atoms with E-state index in [9.17, 15) is 14.7 Å². The van der Waals surface area contributed by atoms with Crippen LogP contribution in [0.15, 0.2) is 103 Å². The van der Waals surface area contributed by atoms with Crippen molar-refractivity contribution in [2.45, 2.75) is 90.4 Å². The molecular weight excluding hydrogens is 654 g/mol. The minimum atomic E-state index is -0.634. The van der Waals surface area contributed by atoms with Gasteiger partial charge in [0.1, 0.15) is 11.6 Å². The number of rotatable bonds is 11. The SMILES string of the molecule is C[C@H]1[C@@H](CN2CCC[C@H]2C(=O)OC(C)(C)C)O[C@@H](c2ccc(-c3ccccc3CNC(=O)NCc3ccccc3)cc2)O[C@H]1c1ccc(CO)cc1. The highest BCUT2D eigenvalue weighted by molar-refractivity contribution is 5.76. The molecule has 52 heavy (non-hydrogen) atoms. The van der Waals surface area contributed by atoms with Crippen LogP contribution < -0.4 is 10.6 Å². The maximum absolute atomic E-state index is 13.2. The number of aliphatic hydroxyl groups is 1. The van der Waals surface area contributed by atoms with Crippen LogP contribution >= 0.6 is 0 Å². The molecule has 0 radical (unpaired) electrons. The van der Waals surface area contributed by atoms with E-state index in [1.54, 1.807) is 0 Å². The lowest BCUT2D eigenvalue weighted by Gasteiger charge is -2.43. The number of urea groups is 1. The van der Waals surface area contributed by atoms with Gasteiger partial charge in [0, 0.05) is 31.1 Å². The first-order chi connectivity index (χ1) is 25.1. The topological polar surface area (TPSA) is 109 Å². The lowest BCUT2D eigenvalue weighted by Crippen LogP contribution is -2.48. The lowest BCUT2D eigenvalue weighted by atomic mass is 9.89. The average Bonchev–Trinajstić information content (AvgIpc) is 3.62. The molecule has 0 bridgehead atoms. The number of hydrogen-bond acceptors (Lipinski definition) is 7. The van der Waals surface area contributed by atoms with Crippen molar-refractivity contribution in [3.8, 4) is 11.1 Å². The highest BCUT2D eigenvalue weighted by Gasteiger charge is 2.42. The summed E-state index contributed by atoms with van der Waals surface area (Å²) in [6.45, 7) is 10.0. The Kier molecular flexibility index (Phi) is 12.1. The number of nitrogens with zero attached hydrogens (tertiary/aromatic N) is 1. The molecule has 274 valence electrons. The Bertz CT molecular complexity index is 1770. The van der Waals surface area contributed by atoms with Gasteiger partial charge in [-0.25, -0.2) is 4.79 Å². The average molecular weight is 706 g/mol. The Hall–Kier alpha value is -4.54. The molecule has 0 saturated carbocycles. The molecule has 0 spiro atoms. The smallest absolute Gasteiger partial charge is 0.323 e. The van der Waals surface area contributed by atoms with Crippen molar-refractivity contribution in [3.63, 3.8) is 0 Å². The van der Waals surface area contributed by atoms with Gasteiger partial charge in [-0.2, -0.15) is 0 Å². The van der Waals surface area contributed by atoms with Crippen molar-refractivity contribution in [3.05, 3.63) is 131 Å². The minimum Gasteiger partial charge on any atom is -0.459 e. The van der Waals surface area contributed by atoms with Gasteiger partial charge in [0.15, 0.2) is 6.29 Å². The molecule has 6 rings (SSSR count). The molecule has 5 atom stereocenters. The summed E-state index contributed by atoms with van der Waals surface area (Å²) in [7, 11) is 0. The Morgan fingerprint density at radius 1 is 0.827 bits per heavy atom. The van der Waals surface area contributed by atoms with E-state index in [0.29, 0.717) is 19.6 Å². The van der Waals surface area contributed by atoms with Crippen molar-refractivity contribution >= 4 is 12.0 Å². The van der Waals surface area contributed by atoms with E-state index >= 15 is 0 Å². The van der Waals surface area contributed by atoms with Gasteiger partial charge in [0.25, 0.3) is 0 Å². The Morgan fingerprint density at radius 3 is 2.21 bits per heavy atom. The third-order valence-corrected chi connectivity index (χ3v) is 9.83. The number of carbonyl (C=O) groups excluding carboxylic acids is 2. The lowest BCUT2D eigenvalue weighted by molar-refractivity contribution is -0.276. The quantitative estimate of drug-likeness (QED) is 0.139. The normalized spacial score (nSPS) is 22.1. The van der Waals surface area contributed by atoms with E-state index in [4.69, 9.17) is 14.2 Å². The summed E-state index contributed by atoms with van der Waals surface area (Å²) in [4.78, 5) is 28.0. The molecule has 0 unspecified atom stereocenters. The van der Waals surface area contributed by atoms with Crippen molar-refractivity contribution in [1.82, 2.24) is 15.5 Å². The van der Waals surface area contributed by atoms with Gasteiger partial charge in [-0.15, -0.1) is 0 Å². The number of amides is 2. The highest BCUT2D eigenvalue weighted by Crippen LogP contribution is 2.43. The van der Waals surface area contributed by atoms with Gasteiger partial charge in [0.05, 0.1) is 18.8 Å². The Labute approximate surface area is 307 Å². The molecule has 2 aliphatic rings. The van der Waals surface area contributed by atoms with Crippen LogP contribution in [0, 0.1) is 5.92 Å². The summed E-state index contributed by atoms with van der Waals surface area (Å²) in [6.07, 6.45) is 0.570. The van der Waals surface area contributed by atoms with Gasteiger partial charge < -0.3 is 30.0 Å². The van der Waals surface area contributed by atoms with Gasteiger partial charge in [-0.3, -0.25) is 9.69 Å². The minimum absolute atomic E-state index is 0.0142. The largest absolute Gasteiger partial charge is 0.459 e. The van der Waals surface area contributed by atoms with Gasteiger partial charge in [-0.05, 0) is 73.5 Å². The third kappa shape index (κ3) is 9.46. The molecule has 2 amide bonds. The molecule has 4 aromatic carbocycles. The summed E-state index contributed by atoms with van der Waals surface area (Å²) in [5.74, 6) is -0.198. The van der Waals surface area contributed by atoms with Crippen LogP contribution in [-0.4, -0.2) is 52.8 Å². The molecule has 2 heterocycles. The molecular formula is C43H51N3O6. The van der Waals surface area contributed by atoms with E-state index in [-0.39, 0.29) is 42.8 Å². The van der Waals surface area contributed by atoms with Crippen molar-refractivity contribution < 1.29 is 28.9 Å². The van der Waals surface area contributed by atoms with E-state index in [1.165, 1.54) is 0 Å². The first-order valence-electron chi connectivity index (χ1n) is 18.3. The zero-order chi connectivity index (χ0) is 36.7. The van der Waals surface area contributed by atoms with E-state index < -0.39 is 11.9 Å². The van der Waals surface area contributed by atoms with Crippen LogP contribution in [0.2, 0.25) is 0 Å². The Morgan fingerprint density at radius 2 is 1.50 bits per heavy atom. The standard InChI is InChI=1S/C43H51N3O6/c1-29-38(27-46-24-10-15-37(46)40(48)52-43(2,3)4)50-41(51-39(29)33-18-16-31(28-47)17-19-33)34-22-20-32(21-23-34)36-14-9-8-13-35(36)26-45-42(49)44-25-30-11-6-5-7-12-30/h5-9,11-14,16-23,29,37-39,41,47H,10,15,24-28H2,1-4H3,(H2,44,45,49)/t29-,37-,38+,39+,41+/m0/s1. The fourth-order valence-electron chi connectivity index (χ4n) is 7.03. The summed E-state index contributed by atoms with van der Waals surface area (Å²) < 4.78 is 19.3. The zero-order valence-corrected chi connectivity index (χ0v) is 30.6. The molecule has 9 nitrogen and oxygen atoms in total. The number of hydrogen-bond donors (Lipinski definition) is 3. The van der Waals surface area contributed by atoms with E-state index in [1.807, 2.05) is 106 Å². The number of benzene rings is 4. The van der Waals surface area contributed by atoms with Gasteiger partial charge in [0.2, 0.25) is 0 Å². The van der Waals surface area contributed by atoms with Crippen LogP contribution in [0.5, 0.6) is 0 Å². The Balaban J connectivity index is 1.18. The maximum Gasteiger partial charge on any atom is 0.323 e. The molecule has 2 aliphatic heterocycles. The predicted octanol–water partition coefficient (Wildman–Crippen LogP) is 7.44. The molecule has 2 saturated heterocycles. The monoisotopic (exact) mass is 705 g/mol. The number of esters is 1. The number of likely N-dealkylation sites (tertiary alicyclic amines) is 1. The zero-order valence-electron chi connectivity index (χ0n) is 30.6. The van der Waals surface area contributed by atoms with Crippen molar-refractivity contribution in [2.24, 2.45) is 5.92 Å². The molecule has 3 N–H and O–H groups in total. The second-order valence-electron chi connectivity index (χ2n) is 14.8. The van der Waals surface area contributed by atoms with Gasteiger partial charge >= 0.3 is 12.0 Å². The van der Waals surface area contributed by atoms with Crippen LogP contribution in [0.25, 0.3) is 11.1 Å². The van der Waals surface area contributed by atoms with Crippen molar-refractivity contribution in [2.75, 3.05) is 13.1 Å². The van der Waals surface area contributed by atoms with Crippen molar-refractivity contribution in [1.29, 1.82) is 0 Å². The fraction of sp³-hybridized carbons (Fsp3) is 0.395. The number of carbonyl (C=O) groups is 2. The number of ether oxygens (including phenoxy) is 3. The first kappa shape index (κ1) is 37.2. The maximum atomic E-state index is 13.2. The third-order valence-electron chi connectivity index (χ3n) is 9.83. The number of aliphatic hydroxyl groups excluding tert-OH is 1. The van der Waals surface area contributed by atoms with Crippen LogP contribution in [0.4, 0.5) is 4.79 Å². The molecule has 0 aromatic heterocycles. The van der Waals surface area contributed by atoms with Crippen LogP contribution in [-0.2, 0) is 38.7 Å². The second-order valence-corrected chi connectivity index (χ2v) is 14.8. The molecule has 4 aromatic rings.